The predicted molar refractivity (Wildman–Crippen MR) is 103 cm³/mol. The highest BCUT2D eigenvalue weighted by Crippen LogP contribution is 2.49. The smallest absolute Gasteiger partial charge is 0.235 e. The highest BCUT2D eigenvalue weighted by molar-refractivity contribution is 6.30. The first-order chi connectivity index (χ1) is 12.2. The number of halogens is 1. The Morgan fingerprint density at radius 1 is 1.00 bits per heavy atom. The van der Waals surface area contributed by atoms with E-state index >= 15 is 0 Å². The van der Waals surface area contributed by atoms with Gasteiger partial charge in [-0.25, -0.2) is 0 Å². The number of benzene rings is 2. The Balaban J connectivity index is 1.50. The number of carbonyl (C=O) groups is 1. The highest BCUT2D eigenvalue weighted by Gasteiger charge is 2.51. The number of hydrogen-bond acceptors (Lipinski definition) is 2. The zero-order valence-corrected chi connectivity index (χ0v) is 15.1. The largest absolute Gasteiger partial charge is 0.371 e. The second kappa shape index (κ2) is 6.72. The molecule has 0 spiro atoms. The van der Waals surface area contributed by atoms with Crippen molar-refractivity contribution in [2.24, 2.45) is 0 Å². The molecule has 25 heavy (non-hydrogen) atoms. The lowest BCUT2D eigenvalue weighted by Gasteiger charge is -2.29. The zero-order valence-electron chi connectivity index (χ0n) is 14.3. The Hall–Kier alpha value is -2.00. The van der Waals surface area contributed by atoms with E-state index in [1.165, 1.54) is 24.9 Å². The third-order valence-electron chi connectivity index (χ3n) is 5.41. The first-order valence-corrected chi connectivity index (χ1v) is 9.48. The molecule has 1 amide bonds. The van der Waals surface area contributed by atoms with Crippen molar-refractivity contribution >= 4 is 28.9 Å². The van der Waals surface area contributed by atoms with Gasteiger partial charge < -0.3 is 10.2 Å². The van der Waals surface area contributed by atoms with Crippen molar-refractivity contribution in [2.45, 2.75) is 37.5 Å². The normalized spacial score (nSPS) is 18.7. The third kappa shape index (κ3) is 3.38. The Kier molecular flexibility index (Phi) is 4.43. The quantitative estimate of drug-likeness (QED) is 0.837. The number of carbonyl (C=O) groups excluding carboxylic acids is 1. The molecule has 130 valence electrons. The summed E-state index contributed by atoms with van der Waals surface area (Å²) in [4.78, 5) is 15.3. The van der Waals surface area contributed by atoms with Crippen LogP contribution in [0.5, 0.6) is 0 Å². The van der Waals surface area contributed by atoms with Crippen molar-refractivity contribution in [3.8, 4) is 0 Å². The summed E-state index contributed by atoms with van der Waals surface area (Å²) in [7, 11) is 0. The van der Waals surface area contributed by atoms with Crippen LogP contribution in [0.3, 0.4) is 0 Å². The van der Waals surface area contributed by atoms with E-state index in [9.17, 15) is 4.79 Å². The maximum atomic E-state index is 12.9. The number of amides is 1. The molecule has 1 N–H and O–H groups in total. The minimum atomic E-state index is -0.383. The SMILES string of the molecule is O=C(Nc1cccc(N2CCCCC2)c1)C1(c2ccc(Cl)cc2)CC1. The molecule has 0 radical (unpaired) electrons. The van der Waals surface area contributed by atoms with Crippen molar-refractivity contribution in [3.63, 3.8) is 0 Å². The summed E-state index contributed by atoms with van der Waals surface area (Å²) in [6.45, 7) is 2.21. The molecule has 1 saturated heterocycles. The van der Waals surface area contributed by atoms with Crippen LogP contribution >= 0.6 is 11.6 Å². The van der Waals surface area contributed by atoms with Crippen molar-refractivity contribution in [2.75, 3.05) is 23.3 Å². The summed E-state index contributed by atoms with van der Waals surface area (Å²) in [5.74, 6) is 0.0885. The molecular formula is C21H23ClN2O. The molecule has 0 unspecified atom stereocenters. The van der Waals surface area contributed by atoms with E-state index in [-0.39, 0.29) is 11.3 Å². The molecule has 2 aromatic carbocycles. The first kappa shape index (κ1) is 16.5. The lowest BCUT2D eigenvalue weighted by molar-refractivity contribution is -0.118. The van der Waals surface area contributed by atoms with E-state index in [0.717, 1.165) is 37.2 Å². The standard InChI is InChI=1S/C21H23ClN2O/c22-17-9-7-16(8-10-17)21(11-12-21)20(25)23-18-5-4-6-19(15-18)24-13-2-1-3-14-24/h4-10,15H,1-3,11-14H2,(H,23,25). The zero-order chi connectivity index (χ0) is 17.3. The Morgan fingerprint density at radius 3 is 2.40 bits per heavy atom. The van der Waals surface area contributed by atoms with Gasteiger partial charge in [-0.3, -0.25) is 4.79 Å². The fourth-order valence-corrected chi connectivity index (χ4v) is 3.85. The summed E-state index contributed by atoms with van der Waals surface area (Å²) in [5.41, 5.74) is 2.76. The van der Waals surface area contributed by atoms with Gasteiger partial charge in [-0.2, -0.15) is 0 Å². The van der Waals surface area contributed by atoms with Crippen molar-refractivity contribution < 1.29 is 4.79 Å². The topological polar surface area (TPSA) is 32.3 Å². The average Bonchev–Trinajstić information content (AvgIpc) is 3.45. The number of anilines is 2. The number of hydrogen-bond donors (Lipinski definition) is 1. The molecule has 1 aliphatic carbocycles. The second-order valence-electron chi connectivity index (χ2n) is 7.14. The molecule has 4 rings (SSSR count). The molecule has 0 atom stereocenters. The van der Waals surface area contributed by atoms with Crippen LogP contribution in [-0.2, 0) is 10.2 Å². The van der Waals surface area contributed by atoms with Gasteiger partial charge in [0.1, 0.15) is 0 Å². The van der Waals surface area contributed by atoms with E-state index in [0.29, 0.717) is 5.02 Å². The molecule has 4 heteroatoms. The molecule has 2 aliphatic rings. The van der Waals surface area contributed by atoms with Crippen LogP contribution in [0.1, 0.15) is 37.7 Å². The van der Waals surface area contributed by atoms with Gasteiger partial charge in [0.2, 0.25) is 5.91 Å². The molecule has 2 aromatic rings. The van der Waals surface area contributed by atoms with E-state index in [1.807, 2.05) is 36.4 Å². The Labute approximate surface area is 154 Å². The Morgan fingerprint density at radius 2 is 1.72 bits per heavy atom. The number of rotatable bonds is 4. The van der Waals surface area contributed by atoms with Crippen LogP contribution in [0.25, 0.3) is 0 Å². The van der Waals surface area contributed by atoms with E-state index in [1.54, 1.807) is 0 Å². The summed E-state index contributed by atoms with van der Waals surface area (Å²) in [5, 5.41) is 3.84. The lowest BCUT2D eigenvalue weighted by Crippen LogP contribution is -2.30. The van der Waals surface area contributed by atoms with Crippen LogP contribution in [0, 0.1) is 0 Å². The Bertz CT molecular complexity index is 762. The number of nitrogens with zero attached hydrogens (tertiary/aromatic N) is 1. The predicted octanol–water partition coefficient (Wildman–Crippen LogP) is 5.00. The van der Waals surface area contributed by atoms with Crippen molar-refractivity contribution in [1.29, 1.82) is 0 Å². The lowest BCUT2D eigenvalue weighted by atomic mass is 9.95. The molecule has 1 aliphatic heterocycles. The van der Waals surface area contributed by atoms with Gasteiger partial charge in [0.05, 0.1) is 5.41 Å². The second-order valence-corrected chi connectivity index (χ2v) is 7.58. The highest BCUT2D eigenvalue weighted by atomic mass is 35.5. The van der Waals surface area contributed by atoms with E-state index in [4.69, 9.17) is 11.6 Å². The summed E-state index contributed by atoms with van der Waals surface area (Å²) >= 11 is 5.98. The average molecular weight is 355 g/mol. The van der Waals surface area contributed by atoms with Crippen LogP contribution < -0.4 is 10.2 Å². The van der Waals surface area contributed by atoms with Gasteiger partial charge in [-0.15, -0.1) is 0 Å². The van der Waals surface area contributed by atoms with Crippen molar-refractivity contribution in [3.05, 3.63) is 59.1 Å². The molecule has 3 nitrogen and oxygen atoms in total. The number of nitrogens with one attached hydrogen (secondary N) is 1. The maximum Gasteiger partial charge on any atom is 0.235 e. The third-order valence-corrected chi connectivity index (χ3v) is 5.66. The fourth-order valence-electron chi connectivity index (χ4n) is 3.72. The van der Waals surface area contributed by atoms with Gasteiger partial charge in [0.15, 0.2) is 0 Å². The van der Waals surface area contributed by atoms with Crippen LogP contribution in [-0.4, -0.2) is 19.0 Å². The molecular weight excluding hydrogens is 332 g/mol. The first-order valence-electron chi connectivity index (χ1n) is 9.10. The van der Waals surface area contributed by atoms with Crippen LogP contribution in [0.4, 0.5) is 11.4 Å². The van der Waals surface area contributed by atoms with Crippen LogP contribution in [0.15, 0.2) is 48.5 Å². The van der Waals surface area contributed by atoms with Gasteiger partial charge in [0.25, 0.3) is 0 Å². The molecule has 1 heterocycles. The minimum absolute atomic E-state index is 0.0885. The molecule has 0 aromatic heterocycles. The summed E-state index contributed by atoms with van der Waals surface area (Å²) < 4.78 is 0. The molecule has 0 bridgehead atoms. The van der Waals surface area contributed by atoms with Crippen LogP contribution in [0.2, 0.25) is 5.02 Å². The fraction of sp³-hybridized carbons (Fsp3) is 0.381. The van der Waals surface area contributed by atoms with Crippen molar-refractivity contribution in [1.82, 2.24) is 0 Å². The summed E-state index contributed by atoms with van der Waals surface area (Å²) in [6, 6.07) is 15.9. The minimum Gasteiger partial charge on any atom is -0.371 e. The van der Waals surface area contributed by atoms with Gasteiger partial charge >= 0.3 is 0 Å². The number of piperidine rings is 1. The van der Waals surface area contributed by atoms with Gasteiger partial charge in [-0.1, -0.05) is 29.8 Å². The van der Waals surface area contributed by atoms with E-state index < -0.39 is 0 Å². The molecule has 1 saturated carbocycles. The molecule has 2 fully saturated rings. The summed E-state index contributed by atoms with van der Waals surface area (Å²) in [6.07, 6.45) is 5.60. The van der Waals surface area contributed by atoms with Gasteiger partial charge in [-0.05, 0) is 68.0 Å². The van der Waals surface area contributed by atoms with E-state index in [2.05, 4.69) is 22.3 Å². The van der Waals surface area contributed by atoms with Gasteiger partial charge in [0, 0.05) is 29.5 Å². The monoisotopic (exact) mass is 354 g/mol. The maximum absolute atomic E-state index is 12.9.